The molecular formula is C17H23N3O2S. The first-order chi connectivity index (χ1) is 11.3. The molecule has 2 heterocycles. The fourth-order valence-corrected chi connectivity index (χ4v) is 3.73. The van der Waals surface area contributed by atoms with Crippen LogP contribution in [0.2, 0.25) is 0 Å². The lowest BCUT2D eigenvalue weighted by Gasteiger charge is -2.21. The predicted molar refractivity (Wildman–Crippen MR) is 90.9 cm³/mol. The van der Waals surface area contributed by atoms with Gasteiger partial charge >= 0.3 is 0 Å². The molecule has 1 aromatic carbocycles. The highest BCUT2D eigenvalue weighted by Crippen LogP contribution is 2.29. The maximum Gasteiger partial charge on any atom is 0.191 e. The molecule has 5 nitrogen and oxygen atoms in total. The van der Waals surface area contributed by atoms with Crippen LogP contribution in [0, 0.1) is 6.92 Å². The average molecular weight is 333 g/mol. The molecule has 1 aliphatic rings. The zero-order chi connectivity index (χ0) is 16.1. The predicted octanol–water partition coefficient (Wildman–Crippen LogP) is 3.46. The van der Waals surface area contributed by atoms with Crippen molar-refractivity contribution in [2.45, 2.75) is 50.2 Å². The number of benzene rings is 1. The lowest BCUT2D eigenvalue weighted by atomic mass is 10.2. The van der Waals surface area contributed by atoms with Crippen LogP contribution in [0.5, 0.6) is 5.75 Å². The minimum atomic E-state index is 0.443. The Labute approximate surface area is 141 Å². The molecule has 6 heteroatoms. The number of aromatic nitrogens is 3. The number of thioether (sulfide) groups is 1. The second-order valence-electron chi connectivity index (χ2n) is 5.67. The molecule has 0 N–H and O–H groups in total. The molecule has 0 spiro atoms. The Bertz CT molecular complexity index is 621. The summed E-state index contributed by atoms with van der Waals surface area (Å²) in [7, 11) is 0. The molecule has 0 aliphatic carbocycles. The molecule has 1 aliphatic heterocycles. The molecule has 124 valence electrons. The maximum absolute atomic E-state index is 5.84. The van der Waals surface area contributed by atoms with Crippen molar-refractivity contribution in [2.24, 2.45) is 0 Å². The van der Waals surface area contributed by atoms with Gasteiger partial charge in [0, 0.05) is 25.0 Å². The SMILES string of the molecule is CCn1c(COc2ccc(C)cc2)nnc1SC1CCOCC1. The molecule has 0 radical (unpaired) electrons. The minimum Gasteiger partial charge on any atom is -0.486 e. The van der Waals surface area contributed by atoms with Gasteiger partial charge in [0.2, 0.25) is 0 Å². The number of hydrogen-bond acceptors (Lipinski definition) is 5. The number of nitrogens with zero attached hydrogens (tertiary/aromatic N) is 3. The van der Waals surface area contributed by atoms with Crippen LogP contribution < -0.4 is 4.74 Å². The molecule has 2 aromatic rings. The molecule has 0 amide bonds. The number of hydrogen-bond donors (Lipinski definition) is 0. The van der Waals surface area contributed by atoms with Crippen LogP contribution in [0.15, 0.2) is 29.4 Å². The van der Waals surface area contributed by atoms with E-state index in [1.807, 2.05) is 36.0 Å². The molecule has 0 saturated carbocycles. The second kappa shape index (κ2) is 7.84. The zero-order valence-electron chi connectivity index (χ0n) is 13.7. The Morgan fingerprint density at radius 2 is 1.96 bits per heavy atom. The summed E-state index contributed by atoms with van der Waals surface area (Å²) in [5, 5.41) is 10.2. The molecule has 1 aromatic heterocycles. The van der Waals surface area contributed by atoms with E-state index in [0.717, 1.165) is 49.3 Å². The van der Waals surface area contributed by atoms with Gasteiger partial charge in [0.1, 0.15) is 12.4 Å². The second-order valence-corrected chi connectivity index (χ2v) is 6.94. The van der Waals surface area contributed by atoms with E-state index in [2.05, 4.69) is 28.6 Å². The normalized spacial score (nSPS) is 15.7. The summed E-state index contributed by atoms with van der Waals surface area (Å²) in [6, 6.07) is 8.07. The van der Waals surface area contributed by atoms with Gasteiger partial charge < -0.3 is 14.0 Å². The van der Waals surface area contributed by atoms with Gasteiger partial charge in [0.05, 0.1) is 0 Å². The summed E-state index contributed by atoms with van der Waals surface area (Å²) >= 11 is 1.81. The van der Waals surface area contributed by atoms with Gasteiger partial charge in [0.25, 0.3) is 0 Å². The van der Waals surface area contributed by atoms with Crippen molar-refractivity contribution in [3.8, 4) is 5.75 Å². The van der Waals surface area contributed by atoms with E-state index >= 15 is 0 Å². The number of rotatable bonds is 6. The Hall–Kier alpha value is -1.53. The lowest BCUT2D eigenvalue weighted by Crippen LogP contribution is -2.18. The molecule has 0 bridgehead atoms. The number of ether oxygens (including phenoxy) is 2. The Balaban J connectivity index is 1.64. The largest absolute Gasteiger partial charge is 0.486 e. The third-order valence-corrected chi connectivity index (χ3v) is 5.26. The fraction of sp³-hybridized carbons (Fsp3) is 0.529. The van der Waals surface area contributed by atoms with Crippen molar-refractivity contribution >= 4 is 11.8 Å². The minimum absolute atomic E-state index is 0.443. The van der Waals surface area contributed by atoms with Gasteiger partial charge in [-0.3, -0.25) is 0 Å². The van der Waals surface area contributed by atoms with Crippen molar-refractivity contribution in [1.82, 2.24) is 14.8 Å². The van der Waals surface area contributed by atoms with E-state index in [9.17, 15) is 0 Å². The molecule has 1 saturated heterocycles. The van der Waals surface area contributed by atoms with E-state index in [1.165, 1.54) is 5.56 Å². The van der Waals surface area contributed by atoms with Crippen LogP contribution >= 0.6 is 11.8 Å². The first-order valence-electron chi connectivity index (χ1n) is 8.12. The Kier molecular flexibility index (Phi) is 5.56. The quantitative estimate of drug-likeness (QED) is 0.810. The summed E-state index contributed by atoms with van der Waals surface area (Å²) in [5.41, 5.74) is 1.23. The van der Waals surface area contributed by atoms with Gasteiger partial charge in [-0.25, -0.2) is 0 Å². The van der Waals surface area contributed by atoms with Crippen molar-refractivity contribution in [3.05, 3.63) is 35.7 Å². The van der Waals surface area contributed by atoms with Crippen molar-refractivity contribution in [3.63, 3.8) is 0 Å². The van der Waals surface area contributed by atoms with Gasteiger partial charge in [-0.1, -0.05) is 29.5 Å². The van der Waals surface area contributed by atoms with Gasteiger partial charge in [-0.05, 0) is 38.8 Å². The highest BCUT2D eigenvalue weighted by atomic mass is 32.2. The summed E-state index contributed by atoms with van der Waals surface area (Å²) in [6.07, 6.45) is 2.16. The van der Waals surface area contributed by atoms with E-state index in [1.54, 1.807) is 0 Å². The van der Waals surface area contributed by atoms with Crippen LogP contribution in [-0.2, 0) is 17.9 Å². The van der Waals surface area contributed by atoms with Crippen molar-refractivity contribution < 1.29 is 9.47 Å². The third-order valence-electron chi connectivity index (χ3n) is 3.94. The first-order valence-corrected chi connectivity index (χ1v) is 9.00. The summed E-state index contributed by atoms with van der Waals surface area (Å²) in [6.45, 7) is 7.18. The Morgan fingerprint density at radius 3 is 2.65 bits per heavy atom. The van der Waals surface area contributed by atoms with Gasteiger partial charge in [0.15, 0.2) is 11.0 Å². The van der Waals surface area contributed by atoms with E-state index < -0.39 is 0 Å². The average Bonchev–Trinajstić information content (AvgIpc) is 2.97. The van der Waals surface area contributed by atoms with Crippen molar-refractivity contribution in [2.75, 3.05) is 13.2 Å². The van der Waals surface area contributed by atoms with Crippen LogP contribution in [0.25, 0.3) is 0 Å². The van der Waals surface area contributed by atoms with Crippen LogP contribution in [0.3, 0.4) is 0 Å². The highest BCUT2D eigenvalue weighted by molar-refractivity contribution is 7.99. The highest BCUT2D eigenvalue weighted by Gasteiger charge is 2.20. The third kappa shape index (κ3) is 4.26. The molecule has 1 fully saturated rings. The van der Waals surface area contributed by atoms with E-state index in [4.69, 9.17) is 9.47 Å². The monoisotopic (exact) mass is 333 g/mol. The summed E-state index contributed by atoms with van der Waals surface area (Å²) in [5.74, 6) is 1.74. The molecule has 3 rings (SSSR count). The smallest absolute Gasteiger partial charge is 0.191 e. The maximum atomic E-state index is 5.84. The lowest BCUT2D eigenvalue weighted by molar-refractivity contribution is 0.0999. The summed E-state index contributed by atoms with van der Waals surface area (Å²) in [4.78, 5) is 0. The standard InChI is InChI=1S/C17H23N3O2S/c1-3-20-16(12-22-14-6-4-13(2)5-7-14)18-19-17(20)23-15-8-10-21-11-9-15/h4-7,15H,3,8-12H2,1-2H3. The first kappa shape index (κ1) is 16.3. The topological polar surface area (TPSA) is 49.2 Å². The summed E-state index contributed by atoms with van der Waals surface area (Å²) < 4.78 is 13.4. The van der Waals surface area contributed by atoms with E-state index in [0.29, 0.717) is 11.9 Å². The fourth-order valence-electron chi connectivity index (χ4n) is 2.56. The molecule has 0 atom stereocenters. The van der Waals surface area contributed by atoms with Crippen LogP contribution in [0.1, 0.15) is 31.2 Å². The zero-order valence-corrected chi connectivity index (χ0v) is 14.5. The molecular weight excluding hydrogens is 310 g/mol. The number of aryl methyl sites for hydroxylation is 1. The van der Waals surface area contributed by atoms with E-state index in [-0.39, 0.29) is 0 Å². The molecule has 0 unspecified atom stereocenters. The molecule has 23 heavy (non-hydrogen) atoms. The van der Waals surface area contributed by atoms with Gasteiger partial charge in [-0.15, -0.1) is 10.2 Å². The van der Waals surface area contributed by atoms with Crippen LogP contribution in [-0.4, -0.2) is 33.2 Å². The van der Waals surface area contributed by atoms with Crippen LogP contribution in [0.4, 0.5) is 0 Å². The van der Waals surface area contributed by atoms with Crippen molar-refractivity contribution in [1.29, 1.82) is 0 Å². The van der Waals surface area contributed by atoms with Gasteiger partial charge in [-0.2, -0.15) is 0 Å². The Morgan fingerprint density at radius 1 is 1.22 bits per heavy atom.